The number of carboxylic acid groups (broad SMARTS) is 1. The van der Waals surface area contributed by atoms with Crippen LogP contribution in [0.1, 0.15) is 19.3 Å². The predicted octanol–water partition coefficient (Wildman–Crippen LogP) is -5.30. The zero-order valence-corrected chi connectivity index (χ0v) is 16.2. The molecule has 1 aliphatic heterocycles. The molecule has 0 aromatic rings. The van der Waals surface area contributed by atoms with Gasteiger partial charge in [-0.15, -0.1) is 0 Å². The molecule has 5 atom stereocenters. The summed E-state index contributed by atoms with van der Waals surface area (Å²) in [5, 5.41) is 45.9. The summed E-state index contributed by atoms with van der Waals surface area (Å²) in [6.45, 7) is -0.819. The molecule has 0 aromatic heterocycles. The average Bonchev–Trinajstić information content (AvgIpc) is 2.53. The number of carbonyl (C=O) groups is 2. The van der Waals surface area contributed by atoms with Crippen LogP contribution >= 0.6 is 0 Å². The number of ether oxygens (including phenoxy) is 1. The van der Waals surface area contributed by atoms with Crippen LogP contribution in [-0.2, 0) is 14.3 Å². The zero-order valence-electron chi connectivity index (χ0n) is 14.2. The van der Waals surface area contributed by atoms with Gasteiger partial charge in [0.2, 0.25) is 5.91 Å². The predicted molar refractivity (Wildman–Crippen MR) is 79.3 cm³/mol. The molecule has 0 radical (unpaired) electrons. The van der Waals surface area contributed by atoms with Crippen molar-refractivity contribution in [2.75, 3.05) is 6.61 Å². The quantitative estimate of drug-likeness (QED) is 0.147. The fourth-order valence-electron chi connectivity index (χ4n) is 2.72. The molecule has 0 unspecified atom stereocenters. The molecule has 1 heterocycles. The van der Waals surface area contributed by atoms with Crippen LogP contribution in [0, 0.1) is 5.92 Å². The summed E-state index contributed by atoms with van der Waals surface area (Å²) < 4.78 is 5.13. The van der Waals surface area contributed by atoms with E-state index in [1.54, 1.807) is 0 Å². The molecule has 0 bridgehead atoms. The number of nitrogens with one attached hydrogen (secondary N) is 1. The molecule has 1 fully saturated rings. The number of aliphatic carboxylic acids is 1. The second-order valence-electron chi connectivity index (χ2n) is 6.00. The molecular weight excluding hydrogens is 359 g/mol. The summed E-state index contributed by atoms with van der Waals surface area (Å²) >= 11 is 0. The Morgan fingerprint density at radius 1 is 1.46 bits per heavy atom. The SMILES string of the molecule is [N-]=[N+]=N[C@H]1C=C(C(=O)[O-])O[C@@H]([C@H](O)[C@H](O)CO)[C@@H]1NC(=O)C1CCC1.[Na+]. The van der Waals surface area contributed by atoms with Crippen LogP contribution in [0.5, 0.6) is 0 Å². The first-order chi connectivity index (χ1) is 11.9. The van der Waals surface area contributed by atoms with E-state index in [0.717, 1.165) is 12.5 Å². The number of nitrogens with zero attached hydrogens (tertiary/aromatic N) is 3. The van der Waals surface area contributed by atoms with Gasteiger partial charge in [-0.3, -0.25) is 4.79 Å². The van der Waals surface area contributed by atoms with Gasteiger partial charge in [-0.25, -0.2) is 0 Å². The molecule has 138 valence electrons. The van der Waals surface area contributed by atoms with E-state index < -0.39 is 48.7 Å². The Balaban J connectivity index is 0.00000338. The second-order valence-corrected chi connectivity index (χ2v) is 6.00. The van der Waals surface area contributed by atoms with E-state index in [1.165, 1.54) is 0 Å². The third-order valence-electron chi connectivity index (χ3n) is 4.40. The topological polar surface area (TPSA) is 188 Å². The largest absolute Gasteiger partial charge is 1.00 e. The summed E-state index contributed by atoms with van der Waals surface area (Å²) in [6.07, 6.45) is -1.59. The van der Waals surface area contributed by atoms with E-state index in [2.05, 4.69) is 15.3 Å². The van der Waals surface area contributed by atoms with Crippen molar-refractivity contribution in [2.45, 2.75) is 49.7 Å². The van der Waals surface area contributed by atoms with Gasteiger partial charge in [0.25, 0.3) is 0 Å². The van der Waals surface area contributed by atoms with Crippen LogP contribution < -0.4 is 40.0 Å². The summed E-state index contributed by atoms with van der Waals surface area (Å²) in [7, 11) is 0. The molecule has 2 aliphatic rings. The molecule has 0 spiro atoms. The number of rotatable bonds is 7. The van der Waals surface area contributed by atoms with E-state index in [9.17, 15) is 24.9 Å². The van der Waals surface area contributed by atoms with Crippen molar-refractivity contribution in [1.82, 2.24) is 5.32 Å². The Morgan fingerprint density at radius 3 is 2.58 bits per heavy atom. The molecule has 1 aliphatic carbocycles. The average molecular weight is 378 g/mol. The van der Waals surface area contributed by atoms with Gasteiger partial charge in [0.1, 0.15) is 30.0 Å². The fourth-order valence-corrected chi connectivity index (χ4v) is 2.72. The Morgan fingerprint density at radius 2 is 2.12 bits per heavy atom. The van der Waals surface area contributed by atoms with Crippen molar-refractivity contribution in [3.63, 3.8) is 0 Å². The summed E-state index contributed by atoms with van der Waals surface area (Å²) in [4.78, 5) is 25.9. The molecule has 0 aromatic carbocycles. The van der Waals surface area contributed by atoms with Gasteiger partial charge in [0.05, 0.1) is 18.7 Å². The zero-order chi connectivity index (χ0) is 18.6. The first-order valence-electron chi connectivity index (χ1n) is 7.80. The minimum Gasteiger partial charge on any atom is -0.542 e. The van der Waals surface area contributed by atoms with Gasteiger partial charge >= 0.3 is 29.6 Å². The van der Waals surface area contributed by atoms with Gasteiger partial charge in [-0.2, -0.15) is 0 Å². The third-order valence-corrected chi connectivity index (χ3v) is 4.40. The number of azide groups is 1. The van der Waals surface area contributed by atoms with Crippen LogP contribution in [0.3, 0.4) is 0 Å². The maximum atomic E-state index is 12.2. The molecule has 2 rings (SSSR count). The number of aliphatic hydroxyl groups excluding tert-OH is 3. The monoisotopic (exact) mass is 378 g/mol. The normalized spacial score (nSPS) is 27.3. The van der Waals surface area contributed by atoms with Crippen molar-refractivity contribution in [3.8, 4) is 0 Å². The minimum atomic E-state index is -1.74. The van der Waals surface area contributed by atoms with E-state index in [4.69, 9.17) is 15.4 Å². The Bertz CT molecular complexity index is 606. The number of aliphatic hydroxyl groups is 3. The van der Waals surface area contributed by atoms with Crippen LogP contribution in [0.15, 0.2) is 16.9 Å². The molecule has 1 saturated carbocycles. The smallest absolute Gasteiger partial charge is 0.542 e. The van der Waals surface area contributed by atoms with Crippen molar-refractivity contribution in [2.24, 2.45) is 11.0 Å². The number of carboxylic acids is 1. The Labute approximate surface area is 170 Å². The standard InChI is InChI=1S/C14H20N4O7.Na/c15-18-17-7-4-9(14(23)24)25-12(11(21)8(20)5-19)10(7)16-13(22)6-2-1-3-6;/h4,6-8,10-12,19-21H,1-3,5H2,(H,16,22)(H,23,24);/q;+1/p-1/t7-,8+,10+,11+,12+;/m0./s1. The first-order valence-corrected chi connectivity index (χ1v) is 7.80. The van der Waals surface area contributed by atoms with Gasteiger partial charge in [-0.05, 0) is 24.4 Å². The van der Waals surface area contributed by atoms with Crippen molar-refractivity contribution in [1.29, 1.82) is 0 Å². The van der Waals surface area contributed by atoms with Crippen LogP contribution in [-0.4, -0.2) is 64.2 Å². The van der Waals surface area contributed by atoms with Crippen molar-refractivity contribution in [3.05, 3.63) is 22.3 Å². The minimum absolute atomic E-state index is 0. The van der Waals surface area contributed by atoms with Crippen LogP contribution in [0.4, 0.5) is 0 Å². The van der Waals surface area contributed by atoms with Gasteiger partial charge in [0.15, 0.2) is 0 Å². The third kappa shape index (κ3) is 5.10. The van der Waals surface area contributed by atoms with E-state index in [0.29, 0.717) is 12.8 Å². The molecule has 4 N–H and O–H groups in total. The first kappa shape index (κ1) is 22.7. The van der Waals surface area contributed by atoms with E-state index in [-0.39, 0.29) is 41.4 Å². The van der Waals surface area contributed by atoms with Crippen molar-refractivity contribution >= 4 is 11.9 Å². The fraction of sp³-hybridized carbons (Fsp3) is 0.714. The Hall–Kier alpha value is -1.33. The summed E-state index contributed by atoms with van der Waals surface area (Å²) in [5.41, 5.74) is 8.70. The maximum Gasteiger partial charge on any atom is 1.00 e. The number of amides is 1. The Kier molecular flexibility index (Phi) is 8.84. The summed E-state index contributed by atoms with van der Waals surface area (Å²) in [6, 6.07) is -2.30. The van der Waals surface area contributed by atoms with E-state index in [1.807, 2.05) is 0 Å². The number of hydrogen-bond acceptors (Lipinski definition) is 8. The number of hydrogen-bond donors (Lipinski definition) is 4. The summed E-state index contributed by atoms with van der Waals surface area (Å²) in [5.74, 6) is -2.98. The molecule has 1 amide bonds. The molecule has 12 heteroatoms. The molecule has 0 saturated heterocycles. The van der Waals surface area contributed by atoms with Crippen LogP contribution in [0.2, 0.25) is 0 Å². The van der Waals surface area contributed by atoms with Crippen molar-refractivity contribution < 1.29 is 64.3 Å². The second kappa shape index (κ2) is 10.1. The van der Waals surface area contributed by atoms with Gasteiger partial charge < -0.3 is 35.3 Å². The van der Waals surface area contributed by atoms with Gasteiger partial charge in [-0.1, -0.05) is 11.5 Å². The molecule has 26 heavy (non-hydrogen) atoms. The van der Waals surface area contributed by atoms with Crippen LogP contribution in [0.25, 0.3) is 10.4 Å². The molecule has 11 nitrogen and oxygen atoms in total. The maximum absolute atomic E-state index is 12.2. The van der Waals surface area contributed by atoms with E-state index >= 15 is 0 Å². The molecular formula is C14H19N4NaO7. The van der Waals surface area contributed by atoms with Gasteiger partial charge in [0, 0.05) is 10.8 Å². The number of carbonyl (C=O) groups excluding carboxylic acids is 2.